The normalized spacial score (nSPS) is 10.4. The maximum absolute atomic E-state index is 12.9. The molecule has 0 saturated carbocycles. The predicted molar refractivity (Wildman–Crippen MR) is 131 cm³/mol. The van der Waals surface area contributed by atoms with Crippen LogP contribution in [0.25, 0.3) is 21.8 Å². The Morgan fingerprint density at radius 3 is 2.40 bits per heavy atom. The van der Waals surface area contributed by atoms with E-state index in [0.29, 0.717) is 41.0 Å². The third-order valence-electron chi connectivity index (χ3n) is 5.00. The summed E-state index contributed by atoms with van der Waals surface area (Å²) in [5, 5.41) is 21.2. The number of thiazole rings is 1. The van der Waals surface area contributed by atoms with Crippen molar-refractivity contribution >= 4 is 23.2 Å². The Kier molecular flexibility index (Phi) is 8.28. The molecule has 1 N–H and O–H groups in total. The number of carboxylic acids is 1. The van der Waals surface area contributed by atoms with Crippen molar-refractivity contribution in [3.05, 3.63) is 46.8 Å². The molecule has 0 aliphatic carbocycles. The van der Waals surface area contributed by atoms with Crippen LogP contribution in [0.2, 0.25) is 0 Å². The van der Waals surface area contributed by atoms with Gasteiger partial charge in [-0.05, 0) is 44.2 Å². The number of aromatic nitrogens is 1. The van der Waals surface area contributed by atoms with Crippen molar-refractivity contribution in [3.63, 3.8) is 0 Å². The van der Waals surface area contributed by atoms with Gasteiger partial charge in [-0.2, -0.15) is 5.26 Å². The van der Waals surface area contributed by atoms with Crippen molar-refractivity contribution in [2.45, 2.75) is 13.8 Å². The van der Waals surface area contributed by atoms with E-state index in [1.54, 1.807) is 5.38 Å². The Labute approximate surface area is 207 Å². The third kappa shape index (κ3) is 5.53. The molecule has 1 amide bonds. The highest BCUT2D eigenvalue weighted by atomic mass is 32.1. The maximum Gasteiger partial charge on any atom is 0.339 e. The predicted octanol–water partition coefficient (Wildman–Crippen LogP) is 4.58. The number of carbonyl (C=O) groups is 2. The number of hydrogen-bond donors (Lipinski definition) is 1. The highest BCUT2D eigenvalue weighted by Gasteiger charge is 2.25. The number of rotatable bonds is 10. The number of hydrogen-bond acceptors (Lipinski definition) is 8. The van der Waals surface area contributed by atoms with Crippen molar-refractivity contribution < 1.29 is 28.9 Å². The van der Waals surface area contributed by atoms with Gasteiger partial charge in [0.25, 0.3) is 5.91 Å². The molecule has 0 fully saturated rings. The molecule has 0 aliphatic rings. The summed E-state index contributed by atoms with van der Waals surface area (Å²) in [6, 6.07) is 10.4. The first-order valence-electron chi connectivity index (χ1n) is 10.8. The second kappa shape index (κ2) is 11.4. The number of ether oxygens (including phenoxy) is 3. The van der Waals surface area contributed by atoms with Crippen molar-refractivity contribution in [1.29, 1.82) is 5.26 Å². The van der Waals surface area contributed by atoms with Crippen LogP contribution in [0.15, 0.2) is 35.7 Å². The quantitative estimate of drug-likeness (QED) is 0.406. The summed E-state index contributed by atoms with van der Waals surface area (Å²) in [7, 11) is 2.76. The highest BCUT2D eigenvalue weighted by Crippen LogP contribution is 2.37. The van der Waals surface area contributed by atoms with E-state index in [1.807, 2.05) is 38.1 Å². The Hall–Kier alpha value is -4.10. The third-order valence-corrected chi connectivity index (χ3v) is 5.89. The molecular formula is C25H25N3O6S. The summed E-state index contributed by atoms with van der Waals surface area (Å²) >= 11 is 1.37. The minimum atomic E-state index is -1.25. The molecule has 1 heterocycles. The summed E-state index contributed by atoms with van der Waals surface area (Å²) in [6.45, 7) is 4.62. The Morgan fingerprint density at radius 1 is 1.09 bits per heavy atom. The van der Waals surface area contributed by atoms with E-state index in [2.05, 4.69) is 4.98 Å². The molecular weight excluding hydrogens is 470 g/mol. The molecule has 0 aliphatic heterocycles. The summed E-state index contributed by atoms with van der Waals surface area (Å²) in [5.41, 5.74) is 1.61. The summed E-state index contributed by atoms with van der Waals surface area (Å²) in [5.74, 6) is -0.602. The molecule has 2 aromatic carbocycles. The van der Waals surface area contributed by atoms with Gasteiger partial charge in [0.05, 0.1) is 37.7 Å². The van der Waals surface area contributed by atoms with E-state index in [0.717, 1.165) is 5.56 Å². The van der Waals surface area contributed by atoms with Gasteiger partial charge in [0.2, 0.25) is 0 Å². The number of nitrogens with zero attached hydrogens (tertiary/aromatic N) is 3. The van der Waals surface area contributed by atoms with E-state index in [1.165, 1.54) is 42.5 Å². The minimum absolute atomic E-state index is 0.0365. The van der Waals surface area contributed by atoms with E-state index < -0.39 is 11.9 Å². The molecule has 0 atom stereocenters. The molecule has 35 heavy (non-hydrogen) atoms. The van der Waals surface area contributed by atoms with Crippen LogP contribution in [0, 0.1) is 11.3 Å². The van der Waals surface area contributed by atoms with Crippen molar-refractivity contribution in [3.8, 4) is 45.1 Å². The second-order valence-corrected chi connectivity index (χ2v) is 8.15. The first-order valence-corrected chi connectivity index (χ1v) is 11.7. The number of carbonyl (C=O) groups excluding carboxylic acids is 1. The summed E-state index contributed by atoms with van der Waals surface area (Å²) < 4.78 is 16.6. The molecule has 0 spiro atoms. The lowest BCUT2D eigenvalue weighted by Crippen LogP contribution is -2.27. The van der Waals surface area contributed by atoms with Crippen molar-refractivity contribution in [2.75, 3.05) is 33.9 Å². The van der Waals surface area contributed by atoms with Crippen LogP contribution in [-0.2, 0) is 0 Å². The first-order chi connectivity index (χ1) is 16.8. The lowest BCUT2D eigenvalue weighted by atomic mass is 10.0. The average Bonchev–Trinajstić information content (AvgIpc) is 3.34. The van der Waals surface area contributed by atoms with Crippen molar-refractivity contribution in [1.82, 2.24) is 9.88 Å². The van der Waals surface area contributed by atoms with Gasteiger partial charge in [0, 0.05) is 23.6 Å². The van der Waals surface area contributed by atoms with Crippen LogP contribution in [0.4, 0.5) is 0 Å². The Balaban J connectivity index is 2.08. The zero-order valence-corrected chi connectivity index (χ0v) is 20.6. The monoisotopic (exact) mass is 495 g/mol. The molecule has 182 valence electrons. The van der Waals surface area contributed by atoms with Gasteiger partial charge >= 0.3 is 5.97 Å². The minimum Gasteiger partial charge on any atom is -0.495 e. The summed E-state index contributed by atoms with van der Waals surface area (Å²) in [4.78, 5) is 30.8. The van der Waals surface area contributed by atoms with Gasteiger partial charge in [0.15, 0.2) is 11.5 Å². The molecule has 3 rings (SSSR count). The van der Waals surface area contributed by atoms with Gasteiger partial charge in [-0.15, -0.1) is 11.3 Å². The standard InChI is InChI=1S/C25H25N3O6S/c1-5-33-20-8-7-15(13-21(20)34-6-2)23-27-19(14-35-23)16-11-17(24(29)28(3)10-9-26)22(32-4)18(12-16)25(30)31/h7-8,11-14H,5-6,10H2,1-4H3,(H,30,31). The van der Waals surface area contributed by atoms with E-state index in [-0.39, 0.29) is 23.4 Å². The number of carboxylic acid groups (broad SMARTS) is 1. The van der Waals surface area contributed by atoms with Crippen LogP contribution >= 0.6 is 11.3 Å². The summed E-state index contributed by atoms with van der Waals surface area (Å²) in [6.07, 6.45) is 0. The fraction of sp³-hybridized carbons (Fsp3) is 0.280. The first kappa shape index (κ1) is 25.5. The van der Waals surface area contributed by atoms with E-state index >= 15 is 0 Å². The highest BCUT2D eigenvalue weighted by molar-refractivity contribution is 7.13. The van der Waals surface area contributed by atoms with Gasteiger partial charge in [0.1, 0.15) is 22.9 Å². The average molecular weight is 496 g/mol. The Morgan fingerprint density at radius 2 is 1.77 bits per heavy atom. The zero-order chi connectivity index (χ0) is 25.5. The fourth-order valence-electron chi connectivity index (χ4n) is 3.42. The lowest BCUT2D eigenvalue weighted by molar-refractivity contribution is 0.0693. The topological polar surface area (TPSA) is 122 Å². The second-order valence-electron chi connectivity index (χ2n) is 7.29. The molecule has 0 unspecified atom stereocenters. The Bertz CT molecular complexity index is 1280. The smallest absolute Gasteiger partial charge is 0.339 e. The van der Waals surface area contributed by atoms with Crippen LogP contribution in [-0.4, -0.2) is 60.8 Å². The van der Waals surface area contributed by atoms with Crippen LogP contribution < -0.4 is 14.2 Å². The number of amides is 1. The van der Waals surface area contributed by atoms with Crippen LogP contribution in [0.5, 0.6) is 17.2 Å². The SMILES string of the molecule is CCOc1ccc(-c2nc(-c3cc(C(=O)O)c(OC)c(C(=O)N(C)CC#N)c3)cs2)cc1OCC. The van der Waals surface area contributed by atoms with Crippen LogP contribution in [0.1, 0.15) is 34.6 Å². The molecule has 0 bridgehead atoms. The molecule has 1 aromatic heterocycles. The number of nitriles is 1. The van der Waals surface area contributed by atoms with Crippen LogP contribution in [0.3, 0.4) is 0 Å². The van der Waals surface area contributed by atoms with Gasteiger partial charge in [-0.1, -0.05) is 0 Å². The molecule has 0 radical (unpaired) electrons. The van der Waals surface area contributed by atoms with E-state index in [9.17, 15) is 14.7 Å². The zero-order valence-electron chi connectivity index (χ0n) is 19.8. The molecule has 0 saturated heterocycles. The number of benzene rings is 2. The largest absolute Gasteiger partial charge is 0.495 e. The number of methoxy groups -OCH3 is 1. The fourth-order valence-corrected chi connectivity index (χ4v) is 4.25. The molecule has 10 heteroatoms. The van der Waals surface area contributed by atoms with E-state index in [4.69, 9.17) is 19.5 Å². The molecule has 3 aromatic rings. The number of aromatic carboxylic acids is 1. The van der Waals surface area contributed by atoms with Gasteiger partial charge in [-0.25, -0.2) is 9.78 Å². The lowest BCUT2D eigenvalue weighted by Gasteiger charge is -2.17. The van der Waals surface area contributed by atoms with Gasteiger partial charge < -0.3 is 24.2 Å². The maximum atomic E-state index is 12.9. The molecule has 9 nitrogen and oxygen atoms in total. The van der Waals surface area contributed by atoms with Gasteiger partial charge in [-0.3, -0.25) is 4.79 Å². The van der Waals surface area contributed by atoms with Crippen molar-refractivity contribution in [2.24, 2.45) is 0 Å².